The van der Waals surface area contributed by atoms with E-state index in [-0.39, 0.29) is 6.04 Å². The molecule has 2 aliphatic rings. The third-order valence-corrected chi connectivity index (χ3v) is 4.57. The number of hydrogen-bond donors (Lipinski definition) is 2. The van der Waals surface area contributed by atoms with Crippen LogP contribution in [0.5, 0.6) is 0 Å². The van der Waals surface area contributed by atoms with Crippen molar-refractivity contribution in [3.63, 3.8) is 0 Å². The van der Waals surface area contributed by atoms with Gasteiger partial charge in [-0.2, -0.15) is 0 Å². The molecule has 1 aliphatic carbocycles. The zero-order chi connectivity index (χ0) is 13.9. The van der Waals surface area contributed by atoms with Crippen LogP contribution >= 0.6 is 0 Å². The minimum absolute atomic E-state index is 0.282. The van der Waals surface area contributed by atoms with Gasteiger partial charge in [-0.15, -0.1) is 0 Å². The minimum atomic E-state index is -1.03. The van der Waals surface area contributed by atoms with Crippen molar-refractivity contribution < 1.29 is 14.6 Å². The first-order valence-electron chi connectivity index (χ1n) is 7.43. The fraction of sp³-hybridized carbons (Fsp3) is 0.929. The lowest BCUT2D eigenvalue weighted by molar-refractivity contribution is -0.145. The maximum absolute atomic E-state index is 11.3. The molecule has 1 saturated heterocycles. The highest BCUT2D eigenvalue weighted by molar-refractivity contribution is 5.78. The first kappa shape index (κ1) is 14.8. The summed E-state index contributed by atoms with van der Waals surface area (Å²) in [4.78, 5) is 13.7. The second-order valence-corrected chi connectivity index (χ2v) is 5.93. The summed E-state index contributed by atoms with van der Waals surface area (Å²) in [6, 6.07) is 0.282. The summed E-state index contributed by atoms with van der Waals surface area (Å²) in [6.07, 6.45) is 5.68. The van der Waals surface area contributed by atoms with Crippen molar-refractivity contribution in [2.75, 3.05) is 19.7 Å². The molecule has 0 bridgehead atoms. The summed E-state index contributed by atoms with van der Waals surface area (Å²) in [7, 11) is 0. The number of ether oxygens (including phenoxy) is 1. The Morgan fingerprint density at radius 1 is 1.47 bits per heavy atom. The molecule has 3 N–H and O–H groups in total. The number of nitrogens with zero attached hydrogens (tertiary/aromatic N) is 1. The predicted molar refractivity (Wildman–Crippen MR) is 73.0 cm³/mol. The second kappa shape index (κ2) is 6.20. The molecule has 1 aliphatic heterocycles. The Labute approximate surface area is 115 Å². The Balaban J connectivity index is 1.95. The summed E-state index contributed by atoms with van der Waals surface area (Å²) in [5.41, 5.74) is 5.00. The van der Waals surface area contributed by atoms with Gasteiger partial charge in [0.1, 0.15) is 5.54 Å². The maximum atomic E-state index is 11.3. The lowest BCUT2D eigenvalue weighted by Crippen LogP contribution is -2.56. The van der Waals surface area contributed by atoms with Gasteiger partial charge < -0.3 is 15.6 Å². The van der Waals surface area contributed by atoms with E-state index in [4.69, 9.17) is 10.5 Å². The fourth-order valence-electron chi connectivity index (χ4n) is 3.37. The molecular formula is C14H26N2O3. The molecule has 1 saturated carbocycles. The van der Waals surface area contributed by atoms with Gasteiger partial charge in [0.15, 0.2) is 0 Å². The van der Waals surface area contributed by atoms with Crippen molar-refractivity contribution in [3.05, 3.63) is 0 Å². The van der Waals surface area contributed by atoms with E-state index in [2.05, 4.69) is 11.8 Å². The summed E-state index contributed by atoms with van der Waals surface area (Å²) >= 11 is 0. The van der Waals surface area contributed by atoms with E-state index in [0.29, 0.717) is 18.9 Å². The molecule has 5 nitrogen and oxygen atoms in total. The zero-order valence-corrected chi connectivity index (χ0v) is 11.8. The van der Waals surface area contributed by atoms with E-state index in [0.717, 1.165) is 45.4 Å². The van der Waals surface area contributed by atoms with E-state index >= 15 is 0 Å². The first-order chi connectivity index (χ1) is 9.05. The molecule has 3 atom stereocenters. The van der Waals surface area contributed by atoms with Crippen molar-refractivity contribution in [2.45, 2.75) is 63.1 Å². The molecule has 0 aromatic carbocycles. The molecule has 3 unspecified atom stereocenters. The number of nitrogens with two attached hydrogens (primary N) is 1. The third-order valence-electron chi connectivity index (χ3n) is 4.57. The van der Waals surface area contributed by atoms with Crippen molar-refractivity contribution in [3.8, 4) is 0 Å². The van der Waals surface area contributed by atoms with Gasteiger partial charge in [0, 0.05) is 19.2 Å². The number of aliphatic carboxylic acids is 1. The Morgan fingerprint density at radius 2 is 2.26 bits per heavy atom. The maximum Gasteiger partial charge on any atom is 0.323 e. The topological polar surface area (TPSA) is 75.8 Å². The van der Waals surface area contributed by atoms with Gasteiger partial charge in [-0.05, 0) is 45.1 Å². The van der Waals surface area contributed by atoms with Gasteiger partial charge in [-0.25, -0.2) is 0 Å². The molecule has 19 heavy (non-hydrogen) atoms. The average Bonchev–Trinajstić information content (AvgIpc) is 2.88. The highest BCUT2D eigenvalue weighted by Crippen LogP contribution is 2.30. The molecule has 0 radical (unpaired) electrons. The van der Waals surface area contributed by atoms with Crippen LogP contribution in [0.15, 0.2) is 0 Å². The van der Waals surface area contributed by atoms with Crippen LogP contribution in [-0.4, -0.2) is 53.4 Å². The zero-order valence-electron chi connectivity index (χ0n) is 11.8. The average molecular weight is 270 g/mol. The van der Waals surface area contributed by atoms with E-state index in [9.17, 15) is 9.90 Å². The smallest absolute Gasteiger partial charge is 0.323 e. The molecule has 5 heteroatoms. The van der Waals surface area contributed by atoms with E-state index < -0.39 is 11.5 Å². The Bertz CT molecular complexity index is 318. The monoisotopic (exact) mass is 270 g/mol. The lowest BCUT2D eigenvalue weighted by atomic mass is 9.79. The van der Waals surface area contributed by atoms with E-state index in [1.807, 2.05) is 0 Å². The quantitative estimate of drug-likeness (QED) is 0.785. The van der Waals surface area contributed by atoms with Crippen LogP contribution < -0.4 is 5.73 Å². The van der Waals surface area contributed by atoms with Crippen molar-refractivity contribution in [1.82, 2.24) is 4.90 Å². The second-order valence-electron chi connectivity index (χ2n) is 5.93. The van der Waals surface area contributed by atoms with Crippen LogP contribution in [0.25, 0.3) is 0 Å². The number of rotatable bonds is 5. The minimum Gasteiger partial charge on any atom is -0.480 e. The summed E-state index contributed by atoms with van der Waals surface area (Å²) in [5.74, 6) is -0.856. The molecule has 2 fully saturated rings. The predicted octanol–water partition coefficient (Wildman–Crippen LogP) is 1.21. The van der Waals surface area contributed by atoms with Crippen molar-refractivity contribution >= 4 is 5.97 Å². The highest BCUT2D eigenvalue weighted by Gasteiger charge is 2.41. The fourth-order valence-corrected chi connectivity index (χ4v) is 3.37. The Hall–Kier alpha value is -0.650. The molecular weight excluding hydrogens is 244 g/mol. The molecule has 2 rings (SSSR count). The summed E-state index contributed by atoms with van der Waals surface area (Å²) < 4.78 is 5.69. The number of likely N-dealkylation sites (N-methyl/N-ethyl adjacent to an activating group) is 1. The van der Waals surface area contributed by atoms with Gasteiger partial charge in [0.05, 0.1) is 6.10 Å². The Morgan fingerprint density at radius 3 is 2.84 bits per heavy atom. The molecule has 0 aromatic rings. The number of carbonyl (C=O) groups is 1. The number of carboxylic acids is 1. The molecule has 110 valence electrons. The van der Waals surface area contributed by atoms with Crippen LogP contribution in [0.2, 0.25) is 0 Å². The summed E-state index contributed by atoms with van der Waals surface area (Å²) in [5, 5.41) is 9.29. The highest BCUT2D eigenvalue weighted by atomic mass is 16.5. The van der Waals surface area contributed by atoms with Crippen LogP contribution in [0.4, 0.5) is 0 Å². The van der Waals surface area contributed by atoms with Crippen LogP contribution in [-0.2, 0) is 9.53 Å². The van der Waals surface area contributed by atoms with Gasteiger partial charge in [0.25, 0.3) is 0 Å². The standard InChI is InChI=1S/C14H26N2O3/c1-2-16(10-12-6-4-8-19-12)11-5-3-7-14(15,9-11)13(17)18/h11-12H,2-10,15H2,1H3,(H,17,18). The van der Waals surface area contributed by atoms with Crippen molar-refractivity contribution in [1.29, 1.82) is 0 Å². The van der Waals surface area contributed by atoms with Gasteiger partial charge in [-0.3, -0.25) is 9.69 Å². The lowest BCUT2D eigenvalue weighted by Gasteiger charge is -2.41. The normalized spacial score (nSPS) is 35.7. The number of carboxylic acid groups (broad SMARTS) is 1. The number of hydrogen-bond acceptors (Lipinski definition) is 4. The molecule has 0 amide bonds. The van der Waals surface area contributed by atoms with Crippen LogP contribution in [0, 0.1) is 0 Å². The van der Waals surface area contributed by atoms with Crippen LogP contribution in [0.3, 0.4) is 0 Å². The Kier molecular flexibility index (Phi) is 4.81. The van der Waals surface area contributed by atoms with E-state index in [1.54, 1.807) is 0 Å². The van der Waals surface area contributed by atoms with Crippen LogP contribution in [0.1, 0.15) is 45.4 Å². The molecule has 1 heterocycles. The van der Waals surface area contributed by atoms with Gasteiger partial charge in [0.2, 0.25) is 0 Å². The third kappa shape index (κ3) is 3.46. The SMILES string of the molecule is CCN(CC1CCCO1)C1CCCC(N)(C(=O)O)C1. The van der Waals surface area contributed by atoms with Gasteiger partial charge >= 0.3 is 5.97 Å². The van der Waals surface area contributed by atoms with Gasteiger partial charge in [-0.1, -0.05) is 6.92 Å². The molecule has 0 spiro atoms. The molecule has 0 aromatic heterocycles. The summed E-state index contributed by atoms with van der Waals surface area (Å²) in [6.45, 7) is 4.84. The first-order valence-corrected chi connectivity index (χ1v) is 7.43. The largest absolute Gasteiger partial charge is 0.480 e. The van der Waals surface area contributed by atoms with Crippen molar-refractivity contribution in [2.24, 2.45) is 5.73 Å². The van der Waals surface area contributed by atoms with E-state index in [1.165, 1.54) is 0 Å².